The van der Waals surface area contributed by atoms with Crippen molar-refractivity contribution in [3.63, 3.8) is 0 Å². The molecule has 10 rings (SSSR count). The third kappa shape index (κ3) is 24.2. The number of nitrogens with one attached hydrogen (secondary N) is 5. The van der Waals surface area contributed by atoms with Crippen LogP contribution in [0.2, 0.25) is 0 Å². The van der Waals surface area contributed by atoms with Gasteiger partial charge in [-0.3, -0.25) is 24.0 Å². The minimum atomic E-state index is -2.47. The molecule has 0 radical (unpaired) electrons. The first-order chi connectivity index (χ1) is 61.7. The zero-order valence-electron chi connectivity index (χ0n) is 69.7. The van der Waals surface area contributed by atoms with Gasteiger partial charge in [0.25, 0.3) is 0 Å². The molecule has 51 atom stereocenters. The average Bonchev–Trinajstić information content (AvgIpc) is 1.25. The summed E-state index contributed by atoms with van der Waals surface area (Å²) in [6, 6.07) is -8.75. The van der Waals surface area contributed by atoms with Crippen LogP contribution in [0.25, 0.3) is 0 Å². The van der Waals surface area contributed by atoms with Crippen molar-refractivity contribution < 1.29 is 262 Å². The van der Waals surface area contributed by atoms with Gasteiger partial charge in [-0.05, 0) is 0 Å². The highest BCUT2D eigenvalue weighted by Gasteiger charge is 2.62. The highest BCUT2D eigenvalue weighted by molar-refractivity contribution is 5.74. The first kappa shape index (κ1) is 107. The second-order valence-corrected chi connectivity index (χ2v) is 32.4. The van der Waals surface area contributed by atoms with Crippen molar-refractivity contribution in [1.82, 2.24) is 26.6 Å². The minimum Gasteiger partial charge on any atom is -0.394 e. The highest BCUT2D eigenvalue weighted by Crippen LogP contribution is 2.41. The summed E-state index contributed by atoms with van der Waals surface area (Å²) in [6.45, 7) is -8.40. The molecule has 5 amide bonds. The second kappa shape index (κ2) is 48.1. The van der Waals surface area contributed by atoms with Crippen LogP contribution in [0, 0.1) is 0 Å². The van der Waals surface area contributed by atoms with E-state index in [9.17, 15) is 167 Å². The van der Waals surface area contributed by atoms with E-state index in [4.69, 9.17) is 94.7 Å². The second-order valence-electron chi connectivity index (χ2n) is 32.4. The molecule has 33 N–H and O–H groups in total. The van der Waals surface area contributed by atoms with Crippen molar-refractivity contribution in [2.45, 2.75) is 341 Å². The van der Waals surface area contributed by atoms with Crippen molar-refractivity contribution in [2.24, 2.45) is 0 Å². The van der Waals surface area contributed by atoms with Gasteiger partial charge in [-0.2, -0.15) is 0 Å². The largest absolute Gasteiger partial charge is 0.394 e. The molecule has 0 bridgehead atoms. The van der Waals surface area contributed by atoms with Crippen molar-refractivity contribution in [2.75, 3.05) is 79.3 Å². The Morgan fingerprint density at radius 3 is 0.815 bits per heavy atom. The predicted octanol–water partition coefficient (Wildman–Crippen LogP) is -23.1. The fraction of sp³-hybridized carbons (Fsp3) is 0.931. The fourth-order valence-corrected chi connectivity index (χ4v) is 16.6. The molecule has 10 fully saturated rings. The first-order valence-corrected chi connectivity index (χ1v) is 41.4. The Hall–Kier alpha value is -4.57. The summed E-state index contributed by atoms with van der Waals surface area (Å²) in [5.41, 5.74) is 0. The van der Waals surface area contributed by atoms with Crippen LogP contribution in [-0.2, 0) is 119 Å². The van der Waals surface area contributed by atoms with E-state index in [1.54, 1.807) is 0 Å². The van der Waals surface area contributed by atoms with Crippen LogP contribution in [0.4, 0.5) is 0 Å². The van der Waals surface area contributed by atoms with Gasteiger partial charge in [-0.25, -0.2) is 0 Å². The predicted molar refractivity (Wildman–Crippen MR) is 400 cm³/mol. The highest BCUT2D eigenvalue weighted by atomic mass is 16.8. The molecular formula is C72H121N5O53. The van der Waals surface area contributed by atoms with Crippen LogP contribution in [0.15, 0.2) is 0 Å². The summed E-state index contributed by atoms with van der Waals surface area (Å²) in [7, 11) is 0. The van der Waals surface area contributed by atoms with Crippen molar-refractivity contribution in [3.8, 4) is 0 Å². The van der Waals surface area contributed by atoms with Crippen molar-refractivity contribution >= 4 is 30.0 Å². The number of amides is 5. The van der Waals surface area contributed by atoms with Gasteiger partial charge in [-0.15, -0.1) is 0 Å². The molecule has 0 aromatic rings. The SMILES string of the molecule is CC(=O)N[C@H]1[C@H](OC[C@H]2O[C@@H](O[C@H]3[C@H](O)[C@@H](NC(C)=O)[C@H](O[C@H]4[C@@H](O)[C@@H](CO)O[C@@H](O[C@H]5[C@H](O)[C@@H](NC(C)=O)[C@H](O[C@H]6[C@@H](O)[C@@H](CO)O[C@@H](O[C@H]7[C@H](O)[C@@H](O)[C@H](OC[C@@H](CO)NC=O)O[C@@H]7CO)[C@@H]6O)O[C@@H]5CO)[C@@H]4O)O[C@@H]3CO)[C@H](O)[C@@H](O[C@@H]3O[C@H](CO)[C@@H](O)[C@H](O)[C@H]3NC(C)=O)[C@H]2O)O[C@H](CO)[C@@H](O[C@@H]2O[C@H](CO)[C@H](O)[C@H](O[C@H]3O[C@H](CO)[C@H](O)[C@H](O)[C@H]3O)[C@H]2O)[C@@H]1O. The molecule has 0 aromatic carbocycles. The maximum atomic E-state index is 13.2. The van der Waals surface area contributed by atoms with Crippen LogP contribution < -0.4 is 26.6 Å². The van der Waals surface area contributed by atoms with Crippen LogP contribution in [0.1, 0.15) is 27.7 Å². The summed E-state index contributed by atoms with van der Waals surface area (Å²) < 4.78 is 117. The molecule has 0 spiro atoms. The zero-order valence-corrected chi connectivity index (χ0v) is 69.7. The Bertz CT molecular complexity index is 3500. The molecule has 0 unspecified atom stereocenters. The first-order valence-electron chi connectivity index (χ1n) is 41.4. The summed E-state index contributed by atoms with van der Waals surface area (Å²) in [5.74, 6) is -3.81. The molecule has 0 aromatic heterocycles. The third-order valence-corrected chi connectivity index (χ3v) is 23.4. The number of hydrogen-bond donors (Lipinski definition) is 33. The Morgan fingerprint density at radius 2 is 0.492 bits per heavy atom. The Labute approximate surface area is 736 Å². The quantitative estimate of drug-likeness (QED) is 0.0255. The Morgan fingerprint density at radius 1 is 0.254 bits per heavy atom. The molecule has 752 valence electrons. The van der Waals surface area contributed by atoms with E-state index in [0.717, 1.165) is 27.7 Å². The van der Waals surface area contributed by atoms with Crippen LogP contribution in [-0.4, -0.2) is 565 Å². The summed E-state index contributed by atoms with van der Waals surface area (Å²) in [4.78, 5) is 62.9. The van der Waals surface area contributed by atoms with Crippen LogP contribution in [0.3, 0.4) is 0 Å². The standard InChI is InChI=1S/C72H121N5O53/c1-18(89)74-33-43(99)37(93)23(6-79)113-64(33)129-62-42(98)32(16-112-63-34(75-19(2)90)44(100)55(28(11-84)118-63)123-70-53(109)61(41(97)27(10-83)116-70)130-68-49(105)47(103)38(94)24(7-80)114-68)122-72(54(62)110)125-57-30(13-86)120-66(36(46(57)102)77-21(4)92)127-59-39(95)25(8-81)115-69(51(59)107)124-56-29(12-85)119-65(35(45(56)101)76-20(3)91)128-60-40(96)26(9-82)117-71(52(60)108)126-58-31(14-87)121-67(50(106)48(58)104)111-15-22(5-78)73-17-88/h17,22-72,78-87,93-110H,5-16H2,1-4H3,(H,73,88)(H,74,89)(H,75,90)(H,76,91)(H,77,92)/t22-,23-,24-,25-,26-,27-,28-,29-,30-,31-,32-,33-,34-,35-,36-,37-,38+,39+,40+,41+,42+,43-,44-,45-,46-,47+,48-,49-,50-,51-,52-,53-,54-,55-,56-,57-,58-,59+,60+,61+,62+,63-,64+,65+,66+,67-,68-,69+,70+,71+,72+/m1/s1. The van der Waals surface area contributed by atoms with Crippen LogP contribution in [0.5, 0.6) is 0 Å². The maximum absolute atomic E-state index is 13.2. The number of aliphatic hydroxyl groups is 28. The molecule has 10 aliphatic heterocycles. The molecule has 10 aliphatic rings. The molecular weight excluding hydrogens is 1780 g/mol. The summed E-state index contributed by atoms with van der Waals surface area (Å²) in [5, 5.41) is 324. The summed E-state index contributed by atoms with van der Waals surface area (Å²) in [6.07, 6.45) is -94.8. The van der Waals surface area contributed by atoms with E-state index < -0.39 is 416 Å². The molecule has 130 heavy (non-hydrogen) atoms. The average molecular weight is 1900 g/mol. The van der Waals surface area contributed by atoms with Gasteiger partial charge < -0.3 is 264 Å². The maximum Gasteiger partial charge on any atom is 0.217 e. The number of rotatable bonds is 38. The van der Waals surface area contributed by atoms with Gasteiger partial charge in [0.05, 0.1) is 85.3 Å². The number of carbonyl (C=O) groups is 5. The third-order valence-electron chi connectivity index (χ3n) is 23.4. The van der Waals surface area contributed by atoms with Gasteiger partial charge >= 0.3 is 0 Å². The Kier molecular flexibility index (Phi) is 39.8. The van der Waals surface area contributed by atoms with E-state index in [0.29, 0.717) is 0 Å². The molecule has 10 saturated heterocycles. The van der Waals surface area contributed by atoms with E-state index in [1.807, 2.05) is 0 Å². The lowest BCUT2D eigenvalue weighted by Crippen LogP contribution is -2.71. The lowest BCUT2D eigenvalue weighted by Gasteiger charge is -2.51. The molecule has 58 nitrogen and oxygen atoms in total. The fourth-order valence-electron chi connectivity index (χ4n) is 16.6. The topological polar surface area (TPSA) is 897 Å². The van der Waals surface area contributed by atoms with Crippen molar-refractivity contribution in [3.05, 3.63) is 0 Å². The lowest BCUT2D eigenvalue weighted by atomic mass is 9.93. The number of carbonyl (C=O) groups excluding carboxylic acids is 5. The normalized spacial score (nSPS) is 47.6. The number of hydrogen-bond acceptors (Lipinski definition) is 53. The van der Waals surface area contributed by atoms with Gasteiger partial charge in [-0.1, -0.05) is 0 Å². The van der Waals surface area contributed by atoms with Gasteiger partial charge in [0.15, 0.2) is 62.9 Å². The minimum absolute atomic E-state index is 0.248. The van der Waals surface area contributed by atoms with E-state index >= 15 is 0 Å². The lowest BCUT2D eigenvalue weighted by molar-refractivity contribution is -0.390. The van der Waals surface area contributed by atoms with Gasteiger partial charge in [0, 0.05) is 27.7 Å². The monoisotopic (exact) mass is 1900 g/mol. The van der Waals surface area contributed by atoms with Crippen molar-refractivity contribution in [1.29, 1.82) is 0 Å². The van der Waals surface area contributed by atoms with Crippen LogP contribution >= 0.6 is 0 Å². The van der Waals surface area contributed by atoms with E-state index in [1.165, 1.54) is 0 Å². The zero-order chi connectivity index (χ0) is 95.6. The Balaban J connectivity index is 0.870. The number of aliphatic hydroxyl groups excluding tert-OH is 28. The molecule has 0 aliphatic carbocycles. The number of ether oxygens (including phenoxy) is 20. The smallest absolute Gasteiger partial charge is 0.217 e. The van der Waals surface area contributed by atoms with E-state index in [2.05, 4.69) is 26.6 Å². The molecule has 10 heterocycles. The van der Waals surface area contributed by atoms with E-state index in [-0.39, 0.29) is 6.41 Å². The molecule has 0 saturated carbocycles. The summed E-state index contributed by atoms with van der Waals surface area (Å²) >= 11 is 0. The van der Waals surface area contributed by atoms with Gasteiger partial charge in [0.1, 0.15) is 244 Å². The molecule has 58 heteroatoms. The van der Waals surface area contributed by atoms with Gasteiger partial charge in [0.2, 0.25) is 30.0 Å².